The van der Waals surface area contributed by atoms with Gasteiger partial charge in [-0.2, -0.15) is 0 Å². The van der Waals surface area contributed by atoms with Gasteiger partial charge < -0.3 is 20.3 Å². The van der Waals surface area contributed by atoms with E-state index in [0.29, 0.717) is 25.9 Å². The Morgan fingerprint density at radius 2 is 0.722 bits per heavy atom. The Morgan fingerprint density at radius 1 is 0.389 bits per heavy atom. The van der Waals surface area contributed by atoms with Crippen molar-refractivity contribution >= 4 is 11.9 Å². The van der Waals surface area contributed by atoms with Crippen molar-refractivity contribution in [1.29, 1.82) is 0 Å². The molecule has 0 rings (SSSR count). The number of rotatable bonds is 59. The van der Waals surface area contributed by atoms with Gasteiger partial charge in [0, 0.05) is 12.8 Å². The molecule has 0 aromatic heterocycles. The van der Waals surface area contributed by atoms with E-state index in [1.165, 1.54) is 244 Å². The molecule has 0 spiro atoms. The van der Waals surface area contributed by atoms with E-state index in [1.54, 1.807) is 0 Å². The zero-order valence-electron chi connectivity index (χ0n) is 48.2. The molecule has 0 saturated carbocycles. The molecule has 0 aliphatic rings. The molecular formula is C66H123NO5. The Bertz CT molecular complexity index is 1210. The fraction of sp³-hybridized carbons (Fsp3) is 0.848. The van der Waals surface area contributed by atoms with Crippen molar-refractivity contribution in [2.24, 2.45) is 0 Å². The van der Waals surface area contributed by atoms with E-state index in [-0.39, 0.29) is 18.5 Å². The summed E-state index contributed by atoms with van der Waals surface area (Å²) in [5, 5.41) is 23.1. The van der Waals surface area contributed by atoms with Gasteiger partial charge in [-0.15, -0.1) is 0 Å². The van der Waals surface area contributed by atoms with Crippen LogP contribution in [0.15, 0.2) is 48.6 Å². The van der Waals surface area contributed by atoms with Gasteiger partial charge in [-0.25, -0.2) is 0 Å². The smallest absolute Gasteiger partial charge is 0.305 e. The van der Waals surface area contributed by atoms with Crippen LogP contribution in [0.4, 0.5) is 0 Å². The number of carbonyl (C=O) groups is 2. The van der Waals surface area contributed by atoms with Gasteiger partial charge in [0.25, 0.3) is 0 Å². The third-order valence-corrected chi connectivity index (χ3v) is 14.6. The van der Waals surface area contributed by atoms with Crippen LogP contribution in [0.2, 0.25) is 0 Å². The minimum atomic E-state index is -0.661. The normalized spacial score (nSPS) is 12.9. The lowest BCUT2D eigenvalue weighted by atomic mass is 10.0. The second-order valence-corrected chi connectivity index (χ2v) is 21.7. The van der Waals surface area contributed by atoms with Crippen molar-refractivity contribution < 1.29 is 24.5 Å². The molecule has 6 nitrogen and oxygen atoms in total. The van der Waals surface area contributed by atoms with Gasteiger partial charge in [0.15, 0.2) is 0 Å². The molecule has 0 radical (unpaired) electrons. The van der Waals surface area contributed by atoms with Crippen molar-refractivity contribution in [3.63, 3.8) is 0 Å². The molecule has 0 bridgehead atoms. The highest BCUT2D eigenvalue weighted by molar-refractivity contribution is 5.76. The van der Waals surface area contributed by atoms with Gasteiger partial charge in [-0.3, -0.25) is 9.59 Å². The van der Waals surface area contributed by atoms with Gasteiger partial charge >= 0.3 is 5.97 Å². The summed E-state index contributed by atoms with van der Waals surface area (Å²) >= 11 is 0. The van der Waals surface area contributed by atoms with Gasteiger partial charge in [0.1, 0.15) is 0 Å². The van der Waals surface area contributed by atoms with E-state index >= 15 is 0 Å². The number of aliphatic hydroxyl groups is 2. The van der Waals surface area contributed by atoms with E-state index < -0.39 is 12.1 Å². The van der Waals surface area contributed by atoms with Crippen molar-refractivity contribution in [3.05, 3.63) is 48.6 Å². The predicted octanol–water partition coefficient (Wildman–Crippen LogP) is 20.1. The summed E-state index contributed by atoms with van der Waals surface area (Å²) in [6.45, 7) is 4.87. The summed E-state index contributed by atoms with van der Waals surface area (Å²) in [5.41, 5.74) is 0. The first-order chi connectivity index (χ1) is 35.5. The molecule has 72 heavy (non-hydrogen) atoms. The fourth-order valence-corrected chi connectivity index (χ4v) is 9.71. The second kappa shape index (κ2) is 61.4. The number of nitrogens with one attached hydrogen (secondary N) is 1. The number of unbranched alkanes of at least 4 members (excludes halogenated alkanes) is 40. The summed E-state index contributed by atoms with van der Waals surface area (Å²) in [5.74, 6) is -0.0367. The van der Waals surface area contributed by atoms with E-state index in [0.717, 1.165) is 57.8 Å². The highest BCUT2D eigenvalue weighted by Gasteiger charge is 2.20. The third-order valence-electron chi connectivity index (χ3n) is 14.6. The molecule has 0 fully saturated rings. The second-order valence-electron chi connectivity index (χ2n) is 21.7. The molecule has 0 aliphatic carbocycles. The van der Waals surface area contributed by atoms with Crippen LogP contribution in [0.3, 0.4) is 0 Å². The SMILES string of the molecule is CCC/C=C\C/C=C\CCCCCCCC(=O)OCCCCCCCCCCC/C=C\C/C=C\CCCCCCCCCCCCCCCCCCCC(=O)NC(CO)C(O)CCCCCCCCCCC. The van der Waals surface area contributed by atoms with Crippen LogP contribution in [0, 0.1) is 0 Å². The van der Waals surface area contributed by atoms with Crippen molar-refractivity contribution in [1.82, 2.24) is 5.32 Å². The monoisotopic (exact) mass is 1010 g/mol. The van der Waals surface area contributed by atoms with Crippen LogP contribution in [0.5, 0.6) is 0 Å². The summed E-state index contributed by atoms with van der Waals surface area (Å²) in [4.78, 5) is 24.4. The maximum Gasteiger partial charge on any atom is 0.305 e. The molecule has 0 heterocycles. The zero-order valence-corrected chi connectivity index (χ0v) is 48.2. The molecule has 0 aromatic rings. The molecule has 6 heteroatoms. The Morgan fingerprint density at radius 3 is 1.11 bits per heavy atom. The van der Waals surface area contributed by atoms with E-state index in [9.17, 15) is 19.8 Å². The summed E-state index contributed by atoms with van der Waals surface area (Å²) < 4.78 is 5.47. The lowest BCUT2D eigenvalue weighted by Gasteiger charge is -2.22. The first-order valence-corrected chi connectivity index (χ1v) is 31.9. The van der Waals surface area contributed by atoms with Crippen LogP contribution in [-0.4, -0.2) is 47.4 Å². The molecular weight excluding hydrogens is 887 g/mol. The minimum Gasteiger partial charge on any atom is -0.466 e. The largest absolute Gasteiger partial charge is 0.466 e. The van der Waals surface area contributed by atoms with Gasteiger partial charge in [0.05, 0.1) is 25.4 Å². The van der Waals surface area contributed by atoms with E-state index in [1.807, 2.05) is 0 Å². The summed E-state index contributed by atoms with van der Waals surface area (Å²) in [6, 6.07) is -0.538. The maximum absolute atomic E-state index is 12.4. The maximum atomic E-state index is 12.4. The average molecular weight is 1010 g/mol. The first-order valence-electron chi connectivity index (χ1n) is 31.9. The fourth-order valence-electron chi connectivity index (χ4n) is 9.71. The van der Waals surface area contributed by atoms with E-state index in [2.05, 4.69) is 67.8 Å². The summed E-state index contributed by atoms with van der Waals surface area (Å²) in [6.07, 6.45) is 78.7. The third kappa shape index (κ3) is 57.1. The lowest BCUT2D eigenvalue weighted by molar-refractivity contribution is -0.143. The Kier molecular flexibility index (Phi) is 59.5. The lowest BCUT2D eigenvalue weighted by Crippen LogP contribution is -2.45. The van der Waals surface area contributed by atoms with Gasteiger partial charge in [0.2, 0.25) is 5.91 Å². The quantitative estimate of drug-likeness (QED) is 0.0320. The molecule has 0 aliphatic heterocycles. The molecule has 2 atom stereocenters. The number of aliphatic hydroxyl groups excluding tert-OH is 2. The number of allylic oxidation sites excluding steroid dienone is 8. The van der Waals surface area contributed by atoms with Crippen LogP contribution < -0.4 is 5.32 Å². The van der Waals surface area contributed by atoms with Crippen molar-refractivity contribution in [2.75, 3.05) is 13.2 Å². The number of carbonyl (C=O) groups excluding carboxylic acids is 2. The van der Waals surface area contributed by atoms with Gasteiger partial charge in [-0.05, 0) is 83.5 Å². The van der Waals surface area contributed by atoms with Gasteiger partial charge in [-0.1, -0.05) is 287 Å². The molecule has 2 unspecified atom stereocenters. The molecule has 422 valence electrons. The average Bonchev–Trinajstić information content (AvgIpc) is 3.38. The number of ether oxygens (including phenoxy) is 1. The number of hydrogen-bond acceptors (Lipinski definition) is 5. The highest BCUT2D eigenvalue weighted by Crippen LogP contribution is 2.17. The molecule has 0 aromatic carbocycles. The topological polar surface area (TPSA) is 95.9 Å². The summed E-state index contributed by atoms with van der Waals surface area (Å²) in [7, 11) is 0. The number of esters is 1. The molecule has 3 N–H and O–H groups in total. The molecule has 0 saturated heterocycles. The standard InChI is InChI=1S/C66H123NO5/c1-3-5-7-9-11-13-14-36-40-44-48-52-56-60-66(71)72-61-57-53-49-45-41-38-35-33-31-29-27-25-23-21-19-17-15-16-18-20-22-24-26-28-30-32-34-37-39-43-47-51-55-59-65(70)67-63(62-68)64(69)58-54-50-46-42-12-10-8-6-4-2/h7,9,13-14,19,21,25,27,63-64,68-69H,3-6,8,10-12,15-18,20,22-24,26,28-62H2,1-2H3,(H,67,70)/b9-7-,14-13-,21-19-,27-25-. The van der Waals surface area contributed by atoms with Crippen molar-refractivity contribution in [2.45, 2.75) is 347 Å². The highest BCUT2D eigenvalue weighted by atomic mass is 16.5. The zero-order chi connectivity index (χ0) is 52.2. The Balaban J connectivity index is 3.36. The first kappa shape index (κ1) is 69.8. The van der Waals surface area contributed by atoms with Crippen molar-refractivity contribution in [3.8, 4) is 0 Å². The van der Waals surface area contributed by atoms with E-state index in [4.69, 9.17) is 4.74 Å². The van der Waals surface area contributed by atoms with Crippen LogP contribution in [0.1, 0.15) is 335 Å². The number of amides is 1. The van der Waals surface area contributed by atoms with Crippen LogP contribution in [-0.2, 0) is 14.3 Å². The minimum absolute atomic E-state index is 0.00164. The number of hydrogen-bond donors (Lipinski definition) is 3. The Hall–Kier alpha value is -2.18. The predicted molar refractivity (Wildman–Crippen MR) is 315 cm³/mol. The molecule has 1 amide bonds. The Labute approximate surface area is 448 Å². The van der Waals surface area contributed by atoms with Crippen LogP contribution >= 0.6 is 0 Å². The van der Waals surface area contributed by atoms with Crippen LogP contribution in [0.25, 0.3) is 0 Å².